The largest absolute Gasteiger partial charge is 0.476 e. The van der Waals surface area contributed by atoms with E-state index >= 15 is 0 Å². The SMILES string of the molecule is CN(C)C(=O)[C@@]12C[C@@H]1[C@@]1(O)c3ncc(Cl)cc3O[C@@]1(c1ccc(C#N)cc1)[C@@H]2c1ccccc1. The second-order valence-corrected chi connectivity index (χ2v) is 10.1. The summed E-state index contributed by atoms with van der Waals surface area (Å²) in [6, 6.07) is 20.6. The molecule has 0 spiro atoms. The zero-order chi connectivity index (χ0) is 23.9. The molecular formula is C27H22ClN3O3. The minimum Gasteiger partial charge on any atom is -0.476 e. The fraction of sp³-hybridized carbons (Fsp3) is 0.296. The van der Waals surface area contributed by atoms with Crippen LogP contribution in [-0.2, 0) is 16.0 Å². The summed E-state index contributed by atoms with van der Waals surface area (Å²) in [5, 5.41) is 22.4. The van der Waals surface area contributed by atoms with Crippen molar-refractivity contribution in [2.24, 2.45) is 11.3 Å². The average Bonchev–Trinajstić information content (AvgIpc) is 3.48. The maximum Gasteiger partial charge on any atom is 0.229 e. The number of nitriles is 1. The van der Waals surface area contributed by atoms with Gasteiger partial charge in [0.1, 0.15) is 11.4 Å². The van der Waals surface area contributed by atoms with Crippen molar-refractivity contribution in [3.05, 3.63) is 94.3 Å². The lowest BCUT2D eigenvalue weighted by molar-refractivity contribution is -0.139. The Hall–Kier alpha value is -3.40. The van der Waals surface area contributed by atoms with Crippen molar-refractivity contribution in [2.75, 3.05) is 14.1 Å². The molecule has 0 unspecified atom stereocenters. The van der Waals surface area contributed by atoms with Gasteiger partial charge in [0.15, 0.2) is 11.2 Å². The Morgan fingerprint density at radius 1 is 1.21 bits per heavy atom. The molecule has 2 aromatic carbocycles. The number of ether oxygens (including phenoxy) is 1. The van der Waals surface area contributed by atoms with Crippen LogP contribution in [-0.4, -0.2) is 35.0 Å². The lowest BCUT2D eigenvalue weighted by Crippen LogP contribution is -2.52. The van der Waals surface area contributed by atoms with Gasteiger partial charge in [-0.15, -0.1) is 0 Å². The number of amides is 1. The van der Waals surface area contributed by atoms with Crippen LogP contribution < -0.4 is 4.74 Å². The summed E-state index contributed by atoms with van der Waals surface area (Å²) < 4.78 is 6.73. The number of rotatable bonds is 3. The number of carbonyl (C=O) groups excluding carboxylic acids is 1. The van der Waals surface area contributed by atoms with Gasteiger partial charge in [0.25, 0.3) is 0 Å². The van der Waals surface area contributed by atoms with E-state index in [0.29, 0.717) is 34.0 Å². The first-order chi connectivity index (χ1) is 16.3. The van der Waals surface area contributed by atoms with E-state index in [1.54, 1.807) is 37.2 Å². The molecule has 2 heterocycles. The van der Waals surface area contributed by atoms with E-state index in [4.69, 9.17) is 16.3 Å². The van der Waals surface area contributed by atoms with E-state index in [0.717, 1.165) is 5.56 Å². The van der Waals surface area contributed by atoms with Gasteiger partial charge in [0.2, 0.25) is 5.91 Å². The first-order valence-corrected chi connectivity index (χ1v) is 11.5. The molecule has 2 aliphatic carbocycles. The molecule has 1 amide bonds. The Labute approximate surface area is 202 Å². The quantitative estimate of drug-likeness (QED) is 0.624. The van der Waals surface area contributed by atoms with Gasteiger partial charge in [-0.05, 0) is 29.7 Å². The molecule has 2 saturated carbocycles. The van der Waals surface area contributed by atoms with Gasteiger partial charge in [0.05, 0.1) is 22.1 Å². The van der Waals surface area contributed by atoms with Crippen LogP contribution in [0.3, 0.4) is 0 Å². The molecule has 0 radical (unpaired) electrons. The summed E-state index contributed by atoms with van der Waals surface area (Å²) in [6.45, 7) is 0. The van der Waals surface area contributed by atoms with Gasteiger partial charge in [-0.1, -0.05) is 54.1 Å². The van der Waals surface area contributed by atoms with Crippen molar-refractivity contribution in [1.29, 1.82) is 5.26 Å². The van der Waals surface area contributed by atoms with Crippen LogP contribution in [0, 0.1) is 22.7 Å². The minimum atomic E-state index is -1.56. The maximum absolute atomic E-state index is 13.8. The highest BCUT2D eigenvalue weighted by molar-refractivity contribution is 6.30. The number of halogens is 1. The summed E-state index contributed by atoms with van der Waals surface area (Å²) in [7, 11) is 3.49. The summed E-state index contributed by atoms with van der Waals surface area (Å²) in [6.07, 6.45) is 2.02. The van der Waals surface area contributed by atoms with Crippen LogP contribution in [0.5, 0.6) is 5.75 Å². The van der Waals surface area contributed by atoms with Crippen molar-refractivity contribution in [1.82, 2.24) is 9.88 Å². The normalized spacial score (nSPS) is 32.1. The van der Waals surface area contributed by atoms with Crippen molar-refractivity contribution >= 4 is 17.5 Å². The van der Waals surface area contributed by atoms with Crippen molar-refractivity contribution in [3.63, 3.8) is 0 Å². The van der Waals surface area contributed by atoms with Gasteiger partial charge in [-0.3, -0.25) is 9.78 Å². The van der Waals surface area contributed by atoms with Gasteiger partial charge in [0, 0.05) is 38.2 Å². The van der Waals surface area contributed by atoms with Crippen LogP contribution >= 0.6 is 11.6 Å². The lowest BCUT2D eigenvalue weighted by Gasteiger charge is -2.43. The molecule has 3 aromatic rings. The molecule has 0 saturated heterocycles. The van der Waals surface area contributed by atoms with Crippen molar-refractivity contribution in [2.45, 2.75) is 23.5 Å². The highest BCUT2D eigenvalue weighted by Crippen LogP contribution is 2.84. The van der Waals surface area contributed by atoms with E-state index < -0.39 is 28.5 Å². The zero-order valence-corrected chi connectivity index (χ0v) is 19.5. The predicted molar refractivity (Wildman–Crippen MR) is 125 cm³/mol. The van der Waals surface area contributed by atoms with E-state index in [1.165, 1.54) is 6.20 Å². The number of nitrogens with zero attached hydrogens (tertiary/aromatic N) is 3. The third-order valence-electron chi connectivity index (χ3n) is 7.83. The number of hydrogen-bond acceptors (Lipinski definition) is 5. The van der Waals surface area contributed by atoms with E-state index in [2.05, 4.69) is 11.1 Å². The zero-order valence-electron chi connectivity index (χ0n) is 18.7. The van der Waals surface area contributed by atoms with Crippen LogP contribution in [0.15, 0.2) is 66.9 Å². The number of aliphatic hydroxyl groups is 1. The summed E-state index contributed by atoms with van der Waals surface area (Å²) >= 11 is 6.25. The number of carbonyl (C=O) groups is 1. The van der Waals surface area contributed by atoms with Crippen LogP contribution in [0.1, 0.15) is 34.7 Å². The summed E-state index contributed by atoms with van der Waals surface area (Å²) in [5.74, 6) is -0.517. The van der Waals surface area contributed by atoms with Gasteiger partial charge < -0.3 is 14.7 Å². The second-order valence-electron chi connectivity index (χ2n) is 9.63. The van der Waals surface area contributed by atoms with Crippen molar-refractivity contribution in [3.8, 4) is 11.8 Å². The molecule has 5 atom stereocenters. The molecule has 3 aliphatic rings. The molecule has 7 heteroatoms. The molecular weight excluding hydrogens is 450 g/mol. The smallest absolute Gasteiger partial charge is 0.229 e. The van der Waals surface area contributed by atoms with Crippen molar-refractivity contribution < 1.29 is 14.6 Å². The third kappa shape index (κ3) is 2.33. The molecule has 1 aromatic heterocycles. The molecule has 1 aliphatic heterocycles. The Balaban J connectivity index is 1.69. The molecule has 34 heavy (non-hydrogen) atoms. The second kappa shape index (κ2) is 6.82. The average molecular weight is 472 g/mol. The molecule has 0 bridgehead atoms. The standard InChI is InChI=1S/C27H22ClN3O3/c1-31(2)24(32)25-13-21(25)26(33)23-20(12-19(28)15-30-23)34-27(26,18-10-8-16(14-29)9-11-18)22(25)17-6-4-3-5-7-17/h3-12,15,21-22,33H,13H2,1-2H3/t21-,22+,25-,26+,27-/m0/s1. The monoisotopic (exact) mass is 471 g/mol. The number of benzene rings is 2. The highest BCUT2D eigenvalue weighted by Gasteiger charge is 2.90. The highest BCUT2D eigenvalue weighted by atomic mass is 35.5. The number of hydrogen-bond donors (Lipinski definition) is 1. The Bertz CT molecular complexity index is 1370. The molecule has 6 rings (SSSR count). The van der Waals surface area contributed by atoms with Gasteiger partial charge in [-0.2, -0.15) is 5.26 Å². The minimum absolute atomic E-state index is 0.0405. The van der Waals surface area contributed by atoms with Crippen LogP contribution in [0.2, 0.25) is 5.02 Å². The van der Waals surface area contributed by atoms with Gasteiger partial charge >= 0.3 is 0 Å². The maximum atomic E-state index is 13.8. The Morgan fingerprint density at radius 2 is 1.91 bits per heavy atom. The Morgan fingerprint density at radius 3 is 2.56 bits per heavy atom. The topological polar surface area (TPSA) is 86.5 Å². The van der Waals surface area contributed by atoms with Crippen LogP contribution in [0.25, 0.3) is 0 Å². The van der Waals surface area contributed by atoms with E-state index in [1.807, 2.05) is 42.5 Å². The number of pyridine rings is 1. The fourth-order valence-electron chi connectivity index (χ4n) is 6.59. The molecule has 2 fully saturated rings. The van der Waals surface area contributed by atoms with E-state index in [-0.39, 0.29) is 5.91 Å². The lowest BCUT2D eigenvalue weighted by atomic mass is 9.67. The van der Waals surface area contributed by atoms with E-state index in [9.17, 15) is 15.2 Å². The summed E-state index contributed by atoms with van der Waals surface area (Å²) in [4.78, 5) is 19.9. The van der Waals surface area contributed by atoms with Gasteiger partial charge in [-0.25, -0.2) is 0 Å². The molecule has 1 N–H and O–H groups in total. The third-order valence-corrected chi connectivity index (χ3v) is 8.03. The molecule has 6 nitrogen and oxygen atoms in total. The first kappa shape index (κ1) is 21.2. The number of aromatic nitrogens is 1. The van der Waals surface area contributed by atoms with Crippen LogP contribution in [0.4, 0.5) is 0 Å². The fourth-order valence-corrected chi connectivity index (χ4v) is 6.74. The molecule has 170 valence electrons. The first-order valence-electron chi connectivity index (χ1n) is 11.2. The predicted octanol–water partition coefficient (Wildman–Crippen LogP) is 3.97. The summed E-state index contributed by atoms with van der Waals surface area (Å²) in [5.41, 5.74) is -1.25. The number of fused-ring (bicyclic) bond motifs is 5. The Kier molecular flexibility index (Phi) is 4.24.